The Labute approximate surface area is 89.5 Å². The van der Waals surface area contributed by atoms with Crippen molar-refractivity contribution in [2.75, 3.05) is 19.6 Å². The van der Waals surface area contributed by atoms with Crippen molar-refractivity contribution in [1.82, 2.24) is 9.88 Å². The third kappa shape index (κ3) is 2.81. The molecule has 0 aromatic carbocycles. The number of likely N-dealkylation sites (tertiary alicyclic amines) is 1. The monoisotopic (exact) mass is 210 g/mol. The summed E-state index contributed by atoms with van der Waals surface area (Å²) in [4.78, 5) is 5.14. The fourth-order valence-electron chi connectivity index (χ4n) is 2.00. The van der Waals surface area contributed by atoms with Crippen LogP contribution < -0.4 is 0 Å². The predicted octanol–water partition coefficient (Wildman–Crippen LogP) is 0.505. The molecule has 1 fully saturated rings. The van der Waals surface area contributed by atoms with Gasteiger partial charge in [0.25, 0.3) is 0 Å². The van der Waals surface area contributed by atoms with E-state index in [9.17, 15) is 10.2 Å². The summed E-state index contributed by atoms with van der Waals surface area (Å²) in [6, 6.07) is 1.89. The van der Waals surface area contributed by atoms with Crippen molar-refractivity contribution >= 4 is 0 Å². The number of aromatic nitrogens is 1. The molecule has 0 radical (unpaired) electrons. The minimum Gasteiger partial charge on any atom is -0.393 e. The molecule has 0 bridgehead atoms. The van der Waals surface area contributed by atoms with Gasteiger partial charge in [-0.15, -0.1) is 0 Å². The number of aliphatic hydroxyl groups is 2. The van der Waals surface area contributed by atoms with Crippen molar-refractivity contribution in [2.24, 2.45) is 0 Å². The van der Waals surface area contributed by atoms with Crippen molar-refractivity contribution < 1.29 is 10.2 Å². The molecule has 1 atom stereocenters. The zero-order valence-electron chi connectivity index (χ0n) is 8.76. The highest BCUT2D eigenvalue weighted by atomic mass is 16.3. The highest BCUT2D eigenvalue weighted by molar-refractivity contribution is 5.12. The van der Waals surface area contributed by atoms with E-state index in [0.29, 0.717) is 6.54 Å². The van der Waals surface area contributed by atoms with Gasteiger partial charge < -0.3 is 20.1 Å². The fraction of sp³-hybridized carbons (Fsp3) is 0.636. The van der Waals surface area contributed by atoms with Gasteiger partial charge in [-0.2, -0.15) is 0 Å². The molecule has 1 aromatic heterocycles. The van der Waals surface area contributed by atoms with Crippen LogP contribution in [0, 0.1) is 0 Å². The molecule has 1 aliphatic rings. The highest BCUT2D eigenvalue weighted by Crippen LogP contribution is 2.16. The molecule has 0 aliphatic carbocycles. The van der Waals surface area contributed by atoms with E-state index in [1.54, 1.807) is 0 Å². The van der Waals surface area contributed by atoms with Crippen LogP contribution in [0.25, 0.3) is 0 Å². The molecule has 0 saturated carbocycles. The minimum absolute atomic E-state index is 0.148. The Morgan fingerprint density at radius 1 is 1.47 bits per heavy atom. The van der Waals surface area contributed by atoms with Crippen LogP contribution in [0.4, 0.5) is 0 Å². The van der Waals surface area contributed by atoms with Crippen LogP contribution in [0.3, 0.4) is 0 Å². The number of hydrogen-bond donors (Lipinski definition) is 3. The smallest absolute Gasteiger partial charge is 0.0931 e. The molecule has 1 unspecified atom stereocenters. The first-order valence-corrected chi connectivity index (χ1v) is 5.47. The number of hydrogen-bond acceptors (Lipinski definition) is 3. The lowest BCUT2D eigenvalue weighted by Gasteiger charge is -2.30. The molecule has 2 heterocycles. The molecule has 15 heavy (non-hydrogen) atoms. The Kier molecular flexibility index (Phi) is 3.41. The lowest BCUT2D eigenvalue weighted by Crippen LogP contribution is -2.38. The SMILES string of the molecule is OC1CCN(CC(O)c2cc[nH]c2)CC1. The summed E-state index contributed by atoms with van der Waals surface area (Å²) in [5.74, 6) is 0. The molecule has 1 aromatic rings. The van der Waals surface area contributed by atoms with E-state index in [1.807, 2.05) is 18.5 Å². The number of nitrogens with one attached hydrogen (secondary N) is 1. The van der Waals surface area contributed by atoms with Crippen molar-refractivity contribution in [3.63, 3.8) is 0 Å². The van der Waals surface area contributed by atoms with Gasteiger partial charge in [-0.1, -0.05) is 0 Å². The van der Waals surface area contributed by atoms with Crippen LogP contribution in [-0.4, -0.2) is 45.8 Å². The lowest BCUT2D eigenvalue weighted by molar-refractivity contribution is 0.0508. The third-order valence-corrected chi connectivity index (χ3v) is 3.00. The summed E-state index contributed by atoms with van der Waals surface area (Å²) in [5, 5.41) is 19.3. The largest absolute Gasteiger partial charge is 0.393 e. The molecular formula is C11H18N2O2. The van der Waals surface area contributed by atoms with Crippen LogP contribution in [0.1, 0.15) is 24.5 Å². The summed E-state index contributed by atoms with van der Waals surface area (Å²) in [7, 11) is 0. The van der Waals surface area contributed by atoms with Crippen molar-refractivity contribution in [1.29, 1.82) is 0 Å². The van der Waals surface area contributed by atoms with Gasteiger partial charge in [0, 0.05) is 32.0 Å². The number of aromatic amines is 1. The lowest BCUT2D eigenvalue weighted by atomic mass is 10.1. The molecule has 0 amide bonds. The Balaban J connectivity index is 1.82. The highest BCUT2D eigenvalue weighted by Gasteiger charge is 2.19. The van der Waals surface area contributed by atoms with E-state index in [0.717, 1.165) is 31.5 Å². The Bertz CT molecular complexity index is 279. The van der Waals surface area contributed by atoms with Crippen LogP contribution in [0.2, 0.25) is 0 Å². The van der Waals surface area contributed by atoms with E-state index in [2.05, 4.69) is 9.88 Å². The zero-order chi connectivity index (χ0) is 10.7. The molecule has 4 nitrogen and oxygen atoms in total. The second kappa shape index (κ2) is 4.79. The van der Waals surface area contributed by atoms with Crippen LogP contribution >= 0.6 is 0 Å². The summed E-state index contributed by atoms with van der Waals surface area (Å²) in [6.45, 7) is 2.41. The standard InChI is InChI=1S/C11H18N2O2/c14-10-2-5-13(6-3-10)8-11(15)9-1-4-12-7-9/h1,4,7,10-12,14-15H,2-3,5-6,8H2. The molecular weight excluding hydrogens is 192 g/mol. The van der Waals surface area contributed by atoms with Gasteiger partial charge >= 0.3 is 0 Å². The van der Waals surface area contributed by atoms with Crippen LogP contribution in [0.5, 0.6) is 0 Å². The summed E-state index contributed by atoms with van der Waals surface area (Å²) < 4.78 is 0. The third-order valence-electron chi connectivity index (χ3n) is 3.00. The summed E-state index contributed by atoms with van der Waals surface area (Å²) >= 11 is 0. The Hall–Kier alpha value is -0.840. The Morgan fingerprint density at radius 3 is 2.80 bits per heavy atom. The van der Waals surface area contributed by atoms with Crippen molar-refractivity contribution in [2.45, 2.75) is 25.0 Å². The molecule has 1 saturated heterocycles. The first kappa shape index (κ1) is 10.7. The number of aliphatic hydroxyl groups excluding tert-OH is 2. The number of nitrogens with zero attached hydrogens (tertiary/aromatic N) is 1. The van der Waals surface area contributed by atoms with Gasteiger partial charge in [-0.05, 0) is 24.5 Å². The maximum absolute atomic E-state index is 9.90. The van der Waals surface area contributed by atoms with Gasteiger partial charge in [0.2, 0.25) is 0 Å². The zero-order valence-corrected chi connectivity index (χ0v) is 8.76. The second-order valence-electron chi connectivity index (χ2n) is 4.19. The van der Waals surface area contributed by atoms with Crippen molar-refractivity contribution in [3.8, 4) is 0 Å². The average Bonchev–Trinajstić information content (AvgIpc) is 2.74. The predicted molar refractivity (Wildman–Crippen MR) is 57.4 cm³/mol. The topological polar surface area (TPSA) is 59.5 Å². The maximum Gasteiger partial charge on any atom is 0.0931 e. The van der Waals surface area contributed by atoms with Crippen LogP contribution in [0.15, 0.2) is 18.5 Å². The van der Waals surface area contributed by atoms with Gasteiger partial charge in [-0.3, -0.25) is 0 Å². The van der Waals surface area contributed by atoms with E-state index < -0.39 is 6.10 Å². The molecule has 0 spiro atoms. The van der Waals surface area contributed by atoms with Gasteiger partial charge in [0.15, 0.2) is 0 Å². The Morgan fingerprint density at radius 2 is 2.20 bits per heavy atom. The molecule has 4 heteroatoms. The van der Waals surface area contributed by atoms with E-state index in [4.69, 9.17) is 0 Å². The van der Waals surface area contributed by atoms with Gasteiger partial charge in [0.05, 0.1) is 12.2 Å². The summed E-state index contributed by atoms with van der Waals surface area (Å²) in [6.07, 6.45) is 4.71. The molecule has 3 N–H and O–H groups in total. The normalized spacial score (nSPS) is 21.7. The first-order valence-electron chi connectivity index (χ1n) is 5.47. The number of H-pyrrole nitrogens is 1. The minimum atomic E-state index is -0.425. The quantitative estimate of drug-likeness (QED) is 0.681. The van der Waals surface area contributed by atoms with Gasteiger partial charge in [-0.25, -0.2) is 0 Å². The molecule has 84 valence electrons. The first-order chi connectivity index (χ1) is 7.25. The van der Waals surface area contributed by atoms with Gasteiger partial charge in [0.1, 0.15) is 0 Å². The van der Waals surface area contributed by atoms with Crippen LogP contribution in [-0.2, 0) is 0 Å². The number of β-amino-alcohol motifs (C(OH)–C–C–N with tert-alkyl or cyclic N) is 1. The molecule has 1 aliphatic heterocycles. The van der Waals surface area contributed by atoms with Crippen molar-refractivity contribution in [3.05, 3.63) is 24.0 Å². The van der Waals surface area contributed by atoms with E-state index in [-0.39, 0.29) is 6.10 Å². The second-order valence-corrected chi connectivity index (χ2v) is 4.19. The maximum atomic E-state index is 9.90. The number of piperidine rings is 1. The number of rotatable bonds is 3. The summed E-state index contributed by atoms with van der Waals surface area (Å²) in [5.41, 5.74) is 0.932. The molecule has 2 rings (SSSR count). The van der Waals surface area contributed by atoms with E-state index in [1.165, 1.54) is 0 Å². The average molecular weight is 210 g/mol. The van der Waals surface area contributed by atoms with E-state index >= 15 is 0 Å². The fourth-order valence-corrected chi connectivity index (χ4v) is 2.00.